The summed E-state index contributed by atoms with van der Waals surface area (Å²) >= 11 is 1.64. The highest BCUT2D eigenvalue weighted by molar-refractivity contribution is 8.00. The predicted molar refractivity (Wildman–Crippen MR) is 69.5 cm³/mol. The molecule has 0 radical (unpaired) electrons. The Morgan fingerprint density at radius 1 is 1.50 bits per heavy atom. The molecule has 0 bridgehead atoms. The molecule has 0 aromatic heterocycles. The minimum absolute atomic E-state index is 0.0557. The van der Waals surface area contributed by atoms with Crippen molar-refractivity contribution in [3.63, 3.8) is 0 Å². The van der Waals surface area contributed by atoms with E-state index >= 15 is 0 Å². The van der Waals surface area contributed by atoms with Gasteiger partial charge in [-0.2, -0.15) is 5.26 Å². The normalized spacial score (nSPS) is 14.1. The molecule has 0 amide bonds. The van der Waals surface area contributed by atoms with Crippen LogP contribution in [-0.4, -0.2) is 12.3 Å². The number of hydrogen-bond donors (Lipinski definition) is 1. The van der Waals surface area contributed by atoms with Crippen molar-refractivity contribution in [2.24, 2.45) is 0 Å². The molecule has 1 aromatic rings. The van der Waals surface area contributed by atoms with Gasteiger partial charge >= 0.3 is 0 Å². The summed E-state index contributed by atoms with van der Waals surface area (Å²) in [4.78, 5) is 1.17. The molecule has 2 unspecified atom stereocenters. The number of thioether (sulfide) groups is 1. The van der Waals surface area contributed by atoms with Crippen LogP contribution in [-0.2, 0) is 0 Å². The average Bonchev–Trinajstić information content (AvgIpc) is 2.35. The molecule has 86 valence electrons. The molecule has 0 spiro atoms. The first-order valence-electron chi connectivity index (χ1n) is 5.54. The SMILES string of the molecule is CCC(C#N)Sc1cccc(C(C)NC)c1. The zero-order valence-electron chi connectivity index (χ0n) is 10.0. The van der Waals surface area contributed by atoms with E-state index in [2.05, 4.69) is 42.6 Å². The minimum atomic E-state index is 0.0557. The Morgan fingerprint density at radius 3 is 2.81 bits per heavy atom. The van der Waals surface area contributed by atoms with Crippen LogP contribution in [0.15, 0.2) is 29.2 Å². The fourth-order valence-electron chi connectivity index (χ4n) is 1.39. The van der Waals surface area contributed by atoms with E-state index in [0.29, 0.717) is 6.04 Å². The van der Waals surface area contributed by atoms with Crippen molar-refractivity contribution in [2.75, 3.05) is 7.05 Å². The Hall–Kier alpha value is -0.980. The van der Waals surface area contributed by atoms with E-state index in [1.54, 1.807) is 11.8 Å². The maximum Gasteiger partial charge on any atom is 0.0961 e. The molecule has 0 fully saturated rings. The number of hydrogen-bond acceptors (Lipinski definition) is 3. The number of nitriles is 1. The Labute approximate surface area is 102 Å². The van der Waals surface area contributed by atoms with Crippen LogP contribution in [0.1, 0.15) is 31.9 Å². The van der Waals surface area contributed by atoms with Crippen LogP contribution < -0.4 is 5.32 Å². The summed E-state index contributed by atoms with van der Waals surface area (Å²) in [6, 6.07) is 11.0. The van der Waals surface area contributed by atoms with Gasteiger partial charge in [0.05, 0.1) is 11.3 Å². The second kappa shape index (κ2) is 6.57. The minimum Gasteiger partial charge on any atom is -0.313 e. The maximum atomic E-state index is 8.93. The second-order valence-corrected chi connectivity index (χ2v) is 5.00. The van der Waals surface area contributed by atoms with Gasteiger partial charge in [0.25, 0.3) is 0 Å². The molecule has 0 saturated heterocycles. The number of rotatable bonds is 5. The molecule has 3 heteroatoms. The van der Waals surface area contributed by atoms with Crippen LogP contribution in [0.3, 0.4) is 0 Å². The van der Waals surface area contributed by atoms with Crippen LogP contribution in [0.4, 0.5) is 0 Å². The van der Waals surface area contributed by atoms with Gasteiger partial charge in [-0.25, -0.2) is 0 Å². The molecule has 0 heterocycles. The van der Waals surface area contributed by atoms with Gasteiger partial charge in [-0.1, -0.05) is 19.1 Å². The number of nitrogens with one attached hydrogen (secondary N) is 1. The highest BCUT2D eigenvalue weighted by Crippen LogP contribution is 2.27. The average molecular weight is 234 g/mol. The van der Waals surface area contributed by atoms with Gasteiger partial charge in [0, 0.05) is 10.9 Å². The number of benzene rings is 1. The van der Waals surface area contributed by atoms with E-state index in [1.165, 1.54) is 10.5 Å². The zero-order chi connectivity index (χ0) is 12.0. The lowest BCUT2D eigenvalue weighted by Crippen LogP contribution is -2.12. The number of nitrogens with zero attached hydrogens (tertiary/aromatic N) is 1. The summed E-state index contributed by atoms with van der Waals surface area (Å²) in [7, 11) is 1.95. The van der Waals surface area contributed by atoms with Crippen LogP contribution >= 0.6 is 11.8 Å². The lowest BCUT2D eigenvalue weighted by Gasteiger charge is -2.12. The second-order valence-electron chi connectivity index (χ2n) is 3.73. The van der Waals surface area contributed by atoms with Crippen LogP contribution in [0.25, 0.3) is 0 Å². The third-order valence-corrected chi connectivity index (χ3v) is 3.83. The highest BCUT2D eigenvalue weighted by atomic mass is 32.2. The molecule has 2 atom stereocenters. The highest BCUT2D eigenvalue weighted by Gasteiger charge is 2.08. The van der Waals surface area contributed by atoms with Crippen molar-refractivity contribution in [1.82, 2.24) is 5.32 Å². The summed E-state index contributed by atoms with van der Waals surface area (Å²) in [5.74, 6) is 0. The Bertz CT molecular complexity index is 370. The van der Waals surface area contributed by atoms with Gasteiger partial charge in [0.2, 0.25) is 0 Å². The molecule has 0 aliphatic rings. The molecule has 0 aliphatic heterocycles. The lowest BCUT2D eigenvalue weighted by molar-refractivity contribution is 0.651. The van der Waals surface area contributed by atoms with E-state index in [4.69, 9.17) is 5.26 Å². The summed E-state index contributed by atoms with van der Waals surface area (Å²) in [5, 5.41) is 12.2. The molecular weight excluding hydrogens is 216 g/mol. The van der Waals surface area contributed by atoms with Crippen molar-refractivity contribution in [2.45, 2.75) is 36.5 Å². The van der Waals surface area contributed by atoms with Gasteiger partial charge in [-0.3, -0.25) is 0 Å². The predicted octanol–water partition coefficient (Wildman–Crippen LogP) is 3.36. The topological polar surface area (TPSA) is 35.8 Å². The molecular formula is C13H18N2S. The molecule has 2 nitrogen and oxygen atoms in total. The van der Waals surface area contributed by atoms with Gasteiger partial charge in [-0.05, 0) is 38.1 Å². The smallest absolute Gasteiger partial charge is 0.0961 e. The molecule has 1 rings (SSSR count). The fourth-order valence-corrected chi connectivity index (χ4v) is 2.30. The summed E-state index contributed by atoms with van der Waals surface area (Å²) in [6.07, 6.45) is 0.882. The van der Waals surface area contributed by atoms with E-state index in [9.17, 15) is 0 Å². The van der Waals surface area contributed by atoms with E-state index < -0.39 is 0 Å². The first-order chi connectivity index (χ1) is 7.71. The fraction of sp³-hybridized carbons (Fsp3) is 0.462. The van der Waals surface area contributed by atoms with Crippen molar-refractivity contribution >= 4 is 11.8 Å². The zero-order valence-corrected chi connectivity index (χ0v) is 10.8. The molecule has 1 N–H and O–H groups in total. The molecule has 0 aliphatic carbocycles. The van der Waals surface area contributed by atoms with Gasteiger partial charge in [0.1, 0.15) is 0 Å². The lowest BCUT2D eigenvalue weighted by atomic mass is 10.1. The molecule has 1 aromatic carbocycles. The summed E-state index contributed by atoms with van der Waals surface area (Å²) < 4.78 is 0. The molecule has 0 saturated carbocycles. The first kappa shape index (κ1) is 13.1. The third kappa shape index (κ3) is 3.55. The largest absolute Gasteiger partial charge is 0.313 e. The van der Waals surface area contributed by atoms with Gasteiger partial charge in [-0.15, -0.1) is 11.8 Å². The summed E-state index contributed by atoms with van der Waals surface area (Å²) in [6.45, 7) is 4.17. The first-order valence-corrected chi connectivity index (χ1v) is 6.42. The van der Waals surface area contributed by atoms with Crippen LogP contribution in [0, 0.1) is 11.3 Å². The van der Waals surface area contributed by atoms with Crippen molar-refractivity contribution in [1.29, 1.82) is 5.26 Å². The van der Waals surface area contributed by atoms with E-state index in [0.717, 1.165) is 6.42 Å². The van der Waals surface area contributed by atoms with E-state index in [1.807, 2.05) is 14.0 Å². The Morgan fingerprint density at radius 2 is 2.25 bits per heavy atom. The third-order valence-electron chi connectivity index (χ3n) is 2.58. The van der Waals surface area contributed by atoms with Crippen molar-refractivity contribution < 1.29 is 0 Å². The van der Waals surface area contributed by atoms with Crippen molar-refractivity contribution in [3.05, 3.63) is 29.8 Å². The maximum absolute atomic E-state index is 8.93. The van der Waals surface area contributed by atoms with Crippen LogP contribution in [0.5, 0.6) is 0 Å². The monoisotopic (exact) mass is 234 g/mol. The Kier molecular flexibility index (Phi) is 5.37. The molecule has 16 heavy (non-hydrogen) atoms. The standard InChI is InChI=1S/C13H18N2S/c1-4-12(9-14)16-13-7-5-6-11(8-13)10(2)15-3/h5-8,10,12,15H,4H2,1-3H3. The van der Waals surface area contributed by atoms with Crippen molar-refractivity contribution in [3.8, 4) is 6.07 Å². The Balaban J connectivity index is 2.79. The van der Waals surface area contributed by atoms with Gasteiger partial charge in [0.15, 0.2) is 0 Å². The van der Waals surface area contributed by atoms with Crippen LogP contribution in [0.2, 0.25) is 0 Å². The van der Waals surface area contributed by atoms with E-state index in [-0.39, 0.29) is 5.25 Å². The quantitative estimate of drug-likeness (QED) is 0.794. The summed E-state index contributed by atoms with van der Waals surface area (Å²) in [5.41, 5.74) is 1.26. The van der Waals surface area contributed by atoms with Gasteiger partial charge < -0.3 is 5.32 Å².